The SMILES string of the molecule is CCCC(F)OC(=O)N1CCCC(CCCn2c(Cc3ccccc3)nc3ccccc32)C1. The molecule has 1 aliphatic heterocycles. The van der Waals surface area contributed by atoms with Crippen molar-refractivity contribution in [3.63, 3.8) is 0 Å². The van der Waals surface area contributed by atoms with Crippen LogP contribution in [0.3, 0.4) is 0 Å². The van der Waals surface area contributed by atoms with Gasteiger partial charge in [-0.1, -0.05) is 49.4 Å². The van der Waals surface area contributed by atoms with Gasteiger partial charge in [0.1, 0.15) is 5.82 Å². The fraction of sp³-hybridized carbons (Fsp3) is 0.481. The van der Waals surface area contributed by atoms with Gasteiger partial charge in [-0.2, -0.15) is 0 Å². The van der Waals surface area contributed by atoms with Crippen LogP contribution in [0.2, 0.25) is 0 Å². The zero-order valence-corrected chi connectivity index (χ0v) is 19.5. The van der Waals surface area contributed by atoms with Crippen molar-refractivity contribution >= 4 is 17.1 Å². The maximum Gasteiger partial charge on any atom is 0.412 e. The summed E-state index contributed by atoms with van der Waals surface area (Å²) in [6.07, 6.45) is 3.79. The smallest absolute Gasteiger partial charge is 0.412 e. The zero-order valence-electron chi connectivity index (χ0n) is 19.5. The molecular formula is C27H34FN3O2. The standard InChI is InChI=1S/C27H34FN3O2/c1-2-10-25(28)33-27(32)30-17-8-13-22(20-30)14-9-18-31-24-16-7-6-15-23(24)29-26(31)19-21-11-4-3-5-12-21/h3-7,11-12,15-16,22,25H,2,8-10,13-14,17-20H2,1H3. The number of benzene rings is 2. The molecule has 176 valence electrons. The van der Waals surface area contributed by atoms with Crippen LogP contribution in [0.25, 0.3) is 11.0 Å². The topological polar surface area (TPSA) is 47.4 Å². The van der Waals surface area contributed by atoms with E-state index in [0.717, 1.165) is 50.0 Å². The monoisotopic (exact) mass is 451 g/mol. The molecule has 1 saturated heterocycles. The van der Waals surface area contributed by atoms with E-state index in [4.69, 9.17) is 9.72 Å². The highest BCUT2D eigenvalue weighted by Crippen LogP contribution is 2.24. The second-order valence-corrected chi connectivity index (χ2v) is 9.01. The Bertz CT molecular complexity index is 1040. The number of alkyl halides is 1. The van der Waals surface area contributed by atoms with Crippen molar-refractivity contribution in [1.29, 1.82) is 0 Å². The number of likely N-dealkylation sites (tertiary alicyclic amines) is 1. The summed E-state index contributed by atoms with van der Waals surface area (Å²) in [7, 11) is 0. The lowest BCUT2D eigenvalue weighted by molar-refractivity contribution is -0.0165. The van der Waals surface area contributed by atoms with Crippen LogP contribution in [0.4, 0.5) is 9.18 Å². The quantitative estimate of drug-likeness (QED) is 0.381. The van der Waals surface area contributed by atoms with Gasteiger partial charge >= 0.3 is 6.09 Å². The van der Waals surface area contributed by atoms with Gasteiger partial charge < -0.3 is 14.2 Å². The van der Waals surface area contributed by atoms with Crippen LogP contribution >= 0.6 is 0 Å². The van der Waals surface area contributed by atoms with Crippen molar-refractivity contribution in [2.75, 3.05) is 13.1 Å². The summed E-state index contributed by atoms with van der Waals surface area (Å²) in [6.45, 7) is 4.08. The predicted octanol–water partition coefficient (Wildman–Crippen LogP) is 6.35. The van der Waals surface area contributed by atoms with Gasteiger partial charge in [0.05, 0.1) is 11.0 Å². The lowest BCUT2D eigenvalue weighted by atomic mass is 9.93. The Hall–Kier alpha value is -2.89. The van der Waals surface area contributed by atoms with E-state index in [1.165, 1.54) is 11.1 Å². The number of carbonyl (C=O) groups is 1. The third kappa shape index (κ3) is 6.12. The molecular weight excluding hydrogens is 417 g/mol. The van der Waals surface area contributed by atoms with Crippen LogP contribution < -0.4 is 0 Å². The van der Waals surface area contributed by atoms with E-state index in [-0.39, 0.29) is 6.42 Å². The number of carbonyl (C=O) groups excluding carboxylic acids is 1. The molecule has 0 radical (unpaired) electrons. The molecule has 33 heavy (non-hydrogen) atoms. The summed E-state index contributed by atoms with van der Waals surface area (Å²) >= 11 is 0. The molecule has 0 bridgehead atoms. The molecule has 2 heterocycles. The van der Waals surface area contributed by atoms with E-state index in [1.54, 1.807) is 4.90 Å². The maximum absolute atomic E-state index is 13.7. The molecule has 3 aromatic rings. The molecule has 1 amide bonds. The number of hydrogen-bond acceptors (Lipinski definition) is 3. The lowest BCUT2D eigenvalue weighted by Crippen LogP contribution is -2.41. The lowest BCUT2D eigenvalue weighted by Gasteiger charge is -2.32. The Morgan fingerprint density at radius 3 is 2.79 bits per heavy atom. The number of amides is 1. The highest BCUT2D eigenvalue weighted by atomic mass is 19.1. The number of halogens is 1. The van der Waals surface area contributed by atoms with Crippen LogP contribution in [0.5, 0.6) is 0 Å². The molecule has 0 N–H and O–H groups in total. The predicted molar refractivity (Wildman–Crippen MR) is 129 cm³/mol. The van der Waals surface area contributed by atoms with Crippen molar-refractivity contribution < 1.29 is 13.9 Å². The summed E-state index contributed by atoms with van der Waals surface area (Å²) in [5.74, 6) is 1.50. The molecule has 2 unspecified atom stereocenters. The van der Waals surface area contributed by atoms with Gasteiger partial charge in [0.2, 0.25) is 6.36 Å². The molecule has 6 heteroatoms. The average Bonchev–Trinajstić information content (AvgIpc) is 3.17. The Balaban J connectivity index is 1.36. The Labute approximate surface area is 195 Å². The number of aromatic nitrogens is 2. The van der Waals surface area contributed by atoms with Crippen molar-refractivity contribution in [3.05, 3.63) is 66.0 Å². The number of nitrogens with zero attached hydrogens (tertiary/aromatic N) is 3. The summed E-state index contributed by atoms with van der Waals surface area (Å²) in [4.78, 5) is 18.9. The van der Waals surface area contributed by atoms with Crippen molar-refractivity contribution in [2.45, 2.75) is 64.8 Å². The van der Waals surface area contributed by atoms with E-state index in [2.05, 4.69) is 47.0 Å². The Morgan fingerprint density at radius 1 is 1.18 bits per heavy atom. The summed E-state index contributed by atoms with van der Waals surface area (Å²) in [5.41, 5.74) is 3.45. The van der Waals surface area contributed by atoms with E-state index >= 15 is 0 Å². The number of aryl methyl sites for hydroxylation is 1. The number of ether oxygens (including phenoxy) is 1. The van der Waals surface area contributed by atoms with Gasteiger partial charge in [-0.15, -0.1) is 0 Å². The third-order valence-corrected chi connectivity index (χ3v) is 6.45. The van der Waals surface area contributed by atoms with Gasteiger partial charge in [-0.25, -0.2) is 14.2 Å². The second kappa shape index (κ2) is 11.3. The Morgan fingerprint density at radius 2 is 1.97 bits per heavy atom. The van der Waals surface area contributed by atoms with E-state index in [0.29, 0.717) is 25.4 Å². The van der Waals surface area contributed by atoms with E-state index < -0.39 is 12.5 Å². The van der Waals surface area contributed by atoms with E-state index in [1.807, 2.05) is 19.1 Å². The number of hydrogen-bond donors (Lipinski definition) is 0. The first kappa shape index (κ1) is 23.3. The number of imidazole rings is 1. The Kier molecular flexibility index (Phi) is 7.97. The van der Waals surface area contributed by atoms with Crippen molar-refractivity contribution in [3.8, 4) is 0 Å². The van der Waals surface area contributed by atoms with Gasteiger partial charge in [0.25, 0.3) is 0 Å². The molecule has 2 atom stereocenters. The average molecular weight is 452 g/mol. The summed E-state index contributed by atoms with van der Waals surface area (Å²) < 4.78 is 21.0. The first-order chi connectivity index (χ1) is 16.1. The van der Waals surface area contributed by atoms with Crippen LogP contribution in [0, 0.1) is 5.92 Å². The summed E-state index contributed by atoms with van der Waals surface area (Å²) in [5, 5.41) is 0. The normalized spacial score (nSPS) is 17.3. The minimum absolute atomic E-state index is 0.257. The number of para-hydroxylation sites is 2. The molecule has 2 aromatic carbocycles. The molecule has 0 saturated carbocycles. The first-order valence-corrected chi connectivity index (χ1v) is 12.2. The summed E-state index contributed by atoms with van der Waals surface area (Å²) in [6, 6.07) is 18.8. The molecule has 0 spiro atoms. The molecule has 0 aliphatic carbocycles. The van der Waals surface area contributed by atoms with Crippen LogP contribution in [-0.4, -0.2) is 40.0 Å². The van der Waals surface area contributed by atoms with Gasteiger partial charge in [-0.3, -0.25) is 0 Å². The molecule has 1 aromatic heterocycles. The van der Waals surface area contributed by atoms with Crippen LogP contribution in [-0.2, 0) is 17.7 Å². The molecule has 1 aliphatic rings. The fourth-order valence-electron chi connectivity index (χ4n) is 4.76. The molecule has 1 fully saturated rings. The molecule has 4 rings (SSSR count). The van der Waals surface area contributed by atoms with Crippen molar-refractivity contribution in [1.82, 2.24) is 14.5 Å². The first-order valence-electron chi connectivity index (χ1n) is 12.2. The highest BCUT2D eigenvalue weighted by molar-refractivity contribution is 5.76. The number of rotatable bonds is 9. The van der Waals surface area contributed by atoms with Gasteiger partial charge in [0.15, 0.2) is 0 Å². The maximum atomic E-state index is 13.7. The third-order valence-electron chi connectivity index (χ3n) is 6.45. The minimum atomic E-state index is -1.50. The number of piperidine rings is 1. The van der Waals surface area contributed by atoms with Gasteiger partial charge in [-0.05, 0) is 55.7 Å². The van der Waals surface area contributed by atoms with Crippen LogP contribution in [0.1, 0.15) is 56.8 Å². The minimum Gasteiger partial charge on any atom is -0.415 e. The zero-order chi connectivity index (χ0) is 23.0. The highest BCUT2D eigenvalue weighted by Gasteiger charge is 2.26. The van der Waals surface area contributed by atoms with Gasteiger partial charge in [0, 0.05) is 32.5 Å². The van der Waals surface area contributed by atoms with Crippen LogP contribution in [0.15, 0.2) is 54.6 Å². The van der Waals surface area contributed by atoms with Crippen molar-refractivity contribution in [2.24, 2.45) is 5.92 Å². The number of fused-ring (bicyclic) bond motifs is 1. The largest absolute Gasteiger partial charge is 0.415 e. The molecule has 5 nitrogen and oxygen atoms in total. The fourth-order valence-corrected chi connectivity index (χ4v) is 4.76. The second-order valence-electron chi connectivity index (χ2n) is 9.01. The van der Waals surface area contributed by atoms with E-state index in [9.17, 15) is 9.18 Å².